The van der Waals surface area contributed by atoms with Crippen LogP contribution in [-0.2, 0) is 22.5 Å². The number of hydrogen-bond acceptors (Lipinski definition) is 5. The average molecular weight is 420 g/mol. The number of ether oxygens (including phenoxy) is 1. The summed E-state index contributed by atoms with van der Waals surface area (Å²) >= 11 is 1.77. The van der Waals surface area contributed by atoms with Crippen molar-refractivity contribution in [2.75, 3.05) is 52.5 Å². The van der Waals surface area contributed by atoms with Crippen LogP contribution in [0.25, 0.3) is 0 Å². The van der Waals surface area contributed by atoms with Gasteiger partial charge in [-0.05, 0) is 36.8 Å². The molecule has 1 unspecified atom stereocenters. The van der Waals surface area contributed by atoms with Gasteiger partial charge in [-0.15, -0.1) is 11.3 Å². The first-order valence-electron chi connectivity index (χ1n) is 9.78. The van der Waals surface area contributed by atoms with E-state index in [0.29, 0.717) is 13.0 Å². The molecule has 2 aliphatic heterocycles. The fourth-order valence-electron chi connectivity index (χ4n) is 3.81. The SMILES string of the molecule is CC(C(=O)N1CCc2sccc2C1)N1CCN(CCCOCC(F)(F)F)CC1. The van der Waals surface area contributed by atoms with Crippen LogP contribution in [0, 0.1) is 0 Å². The Morgan fingerprint density at radius 2 is 2.00 bits per heavy atom. The van der Waals surface area contributed by atoms with Crippen molar-refractivity contribution in [1.82, 2.24) is 14.7 Å². The number of nitrogens with zero attached hydrogens (tertiary/aromatic N) is 3. The van der Waals surface area contributed by atoms with Gasteiger partial charge in [0.1, 0.15) is 6.61 Å². The Kier molecular flexibility index (Phi) is 7.36. The van der Waals surface area contributed by atoms with Crippen molar-refractivity contribution in [3.05, 3.63) is 21.9 Å². The third-order valence-corrected chi connectivity index (χ3v) is 6.48. The Hall–Kier alpha value is -1.16. The van der Waals surface area contributed by atoms with Crippen LogP contribution < -0.4 is 0 Å². The van der Waals surface area contributed by atoms with Crippen LogP contribution in [0.15, 0.2) is 11.4 Å². The van der Waals surface area contributed by atoms with Crippen LogP contribution in [-0.4, -0.2) is 85.3 Å². The number of alkyl halides is 3. The lowest BCUT2D eigenvalue weighted by molar-refractivity contribution is -0.174. The number of amides is 1. The van der Waals surface area contributed by atoms with Crippen LogP contribution in [0.1, 0.15) is 23.8 Å². The molecule has 0 radical (unpaired) electrons. The third-order valence-electron chi connectivity index (χ3n) is 5.46. The molecule has 0 bridgehead atoms. The zero-order valence-corrected chi connectivity index (χ0v) is 17.0. The predicted molar refractivity (Wildman–Crippen MR) is 102 cm³/mol. The molecule has 1 saturated heterocycles. The number of rotatable bonds is 7. The Bertz CT molecular complexity index is 645. The van der Waals surface area contributed by atoms with E-state index in [9.17, 15) is 18.0 Å². The van der Waals surface area contributed by atoms with Crippen LogP contribution >= 0.6 is 11.3 Å². The summed E-state index contributed by atoms with van der Waals surface area (Å²) in [4.78, 5) is 20.7. The third kappa shape index (κ3) is 5.92. The molecular weight excluding hydrogens is 391 g/mol. The lowest BCUT2D eigenvalue weighted by Crippen LogP contribution is -2.55. The summed E-state index contributed by atoms with van der Waals surface area (Å²) in [5.41, 5.74) is 1.27. The molecule has 1 aromatic rings. The molecule has 3 heterocycles. The first-order valence-corrected chi connectivity index (χ1v) is 10.7. The Labute approximate surface area is 168 Å². The lowest BCUT2D eigenvalue weighted by atomic mass is 10.1. The molecule has 5 nitrogen and oxygen atoms in total. The molecule has 1 aromatic heterocycles. The second-order valence-electron chi connectivity index (χ2n) is 7.45. The largest absolute Gasteiger partial charge is 0.411 e. The van der Waals surface area contributed by atoms with Gasteiger partial charge >= 0.3 is 6.18 Å². The highest BCUT2D eigenvalue weighted by atomic mass is 32.1. The van der Waals surface area contributed by atoms with Gasteiger partial charge in [-0.3, -0.25) is 9.69 Å². The summed E-state index contributed by atoms with van der Waals surface area (Å²) in [6, 6.07) is 1.97. The maximum absolute atomic E-state index is 12.9. The molecule has 0 aliphatic carbocycles. The smallest absolute Gasteiger partial charge is 0.372 e. The van der Waals surface area contributed by atoms with Crippen molar-refractivity contribution in [2.24, 2.45) is 0 Å². The minimum Gasteiger partial charge on any atom is -0.372 e. The summed E-state index contributed by atoms with van der Waals surface area (Å²) in [5, 5.41) is 2.09. The Balaban J connectivity index is 1.36. The molecule has 0 N–H and O–H groups in total. The molecule has 2 aliphatic rings. The van der Waals surface area contributed by atoms with E-state index in [4.69, 9.17) is 0 Å². The van der Waals surface area contributed by atoms with Gasteiger partial charge in [-0.2, -0.15) is 13.2 Å². The number of halogens is 3. The molecule has 9 heteroatoms. The van der Waals surface area contributed by atoms with E-state index in [0.717, 1.165) is 45.7 Å². The van der Waals surface area contributed by atoms with Crippen LogP contribution in [0.5, 0.6) is 0 Å². The summed E-state index contributed by atoms with van der Waals surface area (Å²) in [6.07, 6.45) is -2.73. The first-order chi connectivity index (χ1) is 13.3. The molecule has 1 amide bonds. The van der Waals surface area contributed by atoms with Crippen molar-refractivity contribution in [1.29, 1.82) is 0 Å². The maximum Gasteiger partial charge on any atom is 0.411 e. The van der Waals surface area contributed by atoms with Crippen molar-refractivity contribution in [3.8, 4) is 0 Å². The first kappa shape index (κ1) is 21.5. The molecule has 158 valence electrons. The average Bonchev–Trinajstić information content (AvgIpc) is 3.14. The van der Waals surface area contributed by atoms with Gasteiger partial charge < -0.3 is 14.5 Å². The molecule has 1 atom stereocenters. The number of carbonyl (C=O) groups is 1. The van der Waals surface area contributed by atoms with E-state index in [1.165, 1.54) is 10.4 Å². The Morgan fingerprint density at radius 1 is 1.25 bits per heavy atom. The van der Waals surface area contributed by atoms with Gasteiger partial charge in [-0.25, -0.2) is 0 Å². The van der Waals surface area contributed by atoms with Crippen LogP contribution in [0.4, 0.5) is 13.2 Å². The minimum absolute atomic E-state index is 0.119. The van der Waals surface area contributed by atoms with E-state index in [1.54, 1.807) is 11.3 Å². The second-order valence-corrected chi connectivity index (χ2v) is 8.45. The molecule has 0 spiro atoms. The number of fused-ring (bicyclic) bond motifs is 1. The monoisotopic (exact) mass is 419 g/mol. The van der Waals surface area contributed by atoms with E-state index < -0.39 is 12.8 Å². The van der Waals surface area contributed by atoms with E-state index in [-0.39, 0.29) is 18.6 Å². The van der Waals surface area contributed by atoms with Crippen LogP contribution in [0.3, 0.4) is 0 Å². The zero-order valence-electron chi connectivity index (χ0n) is 16.2. The maximum atomic E-state index is 12.9. The van der Waals surface area contributed by atoms with E-state index in [1.807, 2.05) is 11.8 Å². The van der Waals surface area contributed by atoms with Crippen molar-refractivity contribution in [3.63, 3.8) is 0 Å². The van der Waals surface area contributed by atoms with Crippen molar-refractivity contribution >= 4 is 17.2 Å². The quantitative estimate of drug-likeness (QED) is 0.637. The van der Waals surface area contributed by atoms with Gasteiger partial charge in [0, 0.05) is 57.3 Å². The number of carbonyl (C=O) groups excluding carboxylic acids is 1. The lowest BCUT2D eigenvalue weighted by Gasteiger charge is -2.39. The number of piperazine rings is 1. The fraction of sp³-hybridized carbons (Fsp3) is 0.737. The van der Waals surface area contributed by atoms with Crippen LogP contribution in [0.2, 0.25) is 0 Å². The number of thiophene rings is 1. The van der Waals surface area contributed by atoms with Gasteiger partial charge in [0.05, 0.1) is 6.04 Å². The number of hydrogen-bond donors (Lipinski definition) is 0. The highest BCUT2D eigenvalue weighted by molar-refractivity contribution is 7.10. The highest BCUT2D eigenvalue weighted by Crippen LogP contribution is 2.25. The minimum atomic E-state index is -4.26. The van der Waals surface area contributed by atoms with Gasteiger partial charge in [0.15, 0.2) is 0 Å². The van der Waals surface area contributed by atoms with E-state index in [2.05, 4.69) is 26.0 Å². The zero-order chi connectivity index (χ0) is 20.1. The topological polar surface area (TPSA) is 36.0 Å². The normalized spacial score (nSPS) is 20.2. The summed E-state index contributed by atoms with van der Waals surface area (Å²) in [6.45, 7) is 6.39. The molecular formula is C19H28F3N3O2S. The van der Waals surface area contributed by atoms with Crippen molar-refractivity contribution < 1.29 is 22.7 Å². The highest BCUT2D eigenvalue weighted by Gasteiger charge is 2.31. The predicted octanol–water partition coefficient (Wildman–Crippen LogP) is 2.61. The van der Waals surface area contributed by atoms with Crippen molar-refractivity contribution in [2.45, 2.75) is 38.5 Å². The molecule has 3 rings (SSSR count). The standard InChI is InChI=1S/C19H28F3N3O2S/c1-15(18(26)25-6-3-17-16(13-25)4-12-28-17)24-9-7-23(8-10-24)5-2-11-27-14-19(20,21)22/h4,12,15H,2-3,5-11,13-14H2,1H3. The summed E-state index contributed by atoms with van der Waals surface area (Å²) < 4.78 is 40.8. The van der Waals surface area contributed by atoms with Gasteiger partial charge in [-0.1, -0.05) is 0 Å². The summed E-state index contributed by atoms with van der Waals surface area (Å²) in [7, 11) is 0. The molecule has 1 fully saturated rings. The molecule has 28 heavy (non-hydrogen) atoms. The fourth-order valence-corrected chi connectivity index (χ4v) is 4.70. The molecule has 0 aromatic carbocycles. The Morgan fingerprint density at radius 3 is 2.71 bits per heavy atom. The van der Waals surface area contributed by atoms with Gasteiger partial charge in [0.25, 0.3) is 0 Å². The van der Waals surface area contributed by atoms with Gasteiger partial charge in [0.2, 0.25) is 5.91 Å². The summed E-state index contributed by atoms with van der Waals surface area (Å²) in [5.74, 6) is 0.186. The van der Waals surface area contributed by atoms with E-state index >= 15 is 0 Å². The second kappa shape index (κ2) is 9.56. The molecule has 0 saturated carbocycles.